The van der Waals surface area contributed by atoms with Crippen molar-refractivity contribution < 1.29 is 4.21 Å². The molecule has 1 saturated carbocycles. The summed E-state index contributed by atoms with van der Waals surface area (Å²) in [4.78, 5) is 0. The molecule has 2 aliphatic rings. The van der Waals surface area contributed by atoms with Gasteiger partial charge in [0, 0.05) is 12.6 Å². The van der Waals surface area contributed by atoms with Crippen LogP contribution < -0.4 is 0 Å². The maximum absolute atomic E-state index is 12.4. The first-order chi connectivity index (χ1) is 6.32. The molecule has 1 heterocycles. The molecular weight excluding hydrogens is 196 g/mol. The van der Waals surface area contributed by atoms with Gasteiger partial charge in [0.1, 0.15) is 9.92 Å². The van der Waals surface area contributed by atoms with Gasteiger partial charge in [0.15, 0.2) is 0 Å². The van der Waals surface area contributed by atoms with Crippen molar-refractivity contribution in [3.8, 4) is 0 Å². The van der Waals surface area contributed by atoms with Gasteiger partial charge < -0.3 is 0 Å². The van der Waals surface area contributed by atoms with Crippen molar-refractivity contribution in [2.24, 2.45) is 5.92 Å². The molecule has 14 heavy (non-hydrogen) atoms. The predicted octanol–water partition coefficient (Wildman–Crippen LogP) is 2.23. The van der Waals surface area contributed by atoms with Gasteiger partial charge in [0.05, 0.1) is 4.75 Å². The highest BCUT2D eigenvalue weighted by molar-refractivity contribution is 7.91. The lowest BCUT2D eigenvalue weighted by Crippen LogP contribution is -2.45. The van der Waals surface area contributed by atoms with Crippen molar-refractivity contribution in [3.63, 3.8) is 0 Å². The summed E-state index contributed by atoms with van der Waals surface area (Å²) in [6.45, 7) is 6.63. The Balaban J connectivity index is 2.25. The highest BCUT2D eigenvalue weighted by Crippen LogP contribution is 2.41. The number of rotatable bonds is 1. The first-order valence-electron chi connectivity index (χ1n) is 5.37. The zero-order valence-electron chi connectivity index (χ0n) is 9.25. The summed E-state index contributed by atoms with van der Waals surface area (Å²) in [5.74, 6) is 0.716. The maximum Gasteiger partial charge on any atom is 0.113 e. The van der Waals surface area contributed by atoms with Crippen LogP contribution in [0.3, 0.4) is 0 Å². The molecule has 2 fully saturated rings. The third kappa shape index (κ3) is 1.39. The van der Waals surface area contributed by atoms with E-state index in [1.807, 2.05) is 25.1 Å². The number of nitrogens with one attached hydrogen (secondary N) is 1. The van der Waals surface area contributed by atoms with E-state index in [0.29, 0.717) is 12.0 Å². The van der Waals surface area contributed by atoms with Gasteiger partial charge in [-0.1, -0.05) is 0 Å². The Kier molecular flexibility index (Phi) is 2.20. The van der Waals surface area contributed by atoms with Gasteiger partial charge in [0.2, 0.25) is 0 Å². The Morgan fingerprint density at radius 1 is 1.36 bits per heavy atom. The summed E-state index contributed by atoms with van der Waals surface area (Å²) in [6.07, 6.45) is 3.60. The van der Waals surface area contributed by atoms with Crippen LogP contribution in [0.5, 0.6) is 0 Å². The molecule has 3 unspecified atom stereocenters. The molecule has 1 saturated heterocycles. The molecule has 0 aromatic rings. The van der Waals surface area contributed by atoms with Crippen LogP contribution in [-0.4, -0.2) is 25.8 Å². The molecule has 2 bridgehead atoms. The minimum Gasteiger partial charge on any atom is -0.240 e. The second-order valence-corrected chi connectivity index (χ2v) is 8.32. The normalized spacial score (nSPS) is 37.4. The van der Waals surface area contributed by atoms with Crippen LogP contribution >= 0.6 is 0 Å². The zero-order valence-corrected chi connectivity index (χ0v) is 10.1. The minimum atomic E-state index is -2.57. The average molecular weight is 216 g/mol. The van der Waals surface area contributed by atoms with Crippen LogP contribution in [-0.2, 0) is 9.92 Å². The van der Waals surface area contributed by atoms with E-state index in [0.717, 1.165) is 13.0 Å². The Labute approximate surface area is 87.0 Å². The lowest BCUT2D eigenvalue weighted by molar-refractivity contribution is 0.339. The molecule has 0 aromatic carbocycles. The summed E-state index contributed by atoms with van der Waals surface area (Å²) < 4.78 is 22.0. The number of hydrogen-bond acceptors (Lipinski definition) is 2. The molecule has 0 amide bonds. The zero-order chi connectivity index (χ0) is 10.6. The second kappa shape index (κ2) is 2.95. The molecule has 0 spiro atoms. The first-order valence-corrected chi connectivity index (χ1v) is 6.89. The number of nitrogens with zero attached hydrogens (tertiary/aromatic N) is 1. The predicted molar refractivity (Wildman–Crippen MR) is 58.5 cm³/mol. The smallest absolute Gasteiger partial charge is 0.113 e. The van der Waals surface area contributed by atoms with Gasteiger partial charge in [-0.15, -0.1) is 0 Å². The third-order valence-electron chi connectivity index (χ3n) is 3.52. The SMILES string of the molecule is CC(C)(C)S(=N)(=O)N1CC2CCC1C2. The Hall–Kier alpha value is -0.0900. The second-order valence-electron chi connectivity index (χ2n) is 5.57. The standard InChI is InChI=1S/C10H20N2OS/c1-10(2,3)14(11,13)12-7-8-4-5-9(12)6-8/h8-9,11H,4-7H2,1-3H3. The monoisotopic (exact) mass is 216 g/mol. The quantitative estimate of drug-likeness (QED) is 0.717. The molecule has 82 valence electrons. The van der Waals surface area contributed by atoms with Crippen LogP contribution in [0.25, 0.3) is 0 Å². The van der Waals surface area contributed by atoms with Crippen molar-refractivity contribution in [1.29, 1.82) is 4.78 Å². The molecular formula is C10H20N2OS. The molecule has 3 atom stereocenters. The molecule has 2 rings (SSSR count). The van der Waals surface area contributed by atoms with Crippen molar-refractivity contribution >= 4 is 9.92 Å². The molecule has 1 aliphatic carbocycles. The van der Waals surface area contributed by atoms with E-state index in [1.165, 1.54) is 12.8 Å². The van der Waals surface area contributed by atoms with Crippen LogP contribution in [0.1, 0.15) is 40.0 Å². The third-order valence-corrected chi connectivity index (χ3v) is 6.29. The van der Waals surface area contributed by atoms with Crippen molar-refractivity contribution in [3.05, 3.63) is 0 Å². The van der Waals surface area contributed by atoms with E-state index >= 15 is 0 Å². The van der Waals surface area contributed by atoms with Crippen molar-refractivity contribution in [2.75, 3.05) is 6.54 Å². The summed E-state index contributed by atoms with van der Waals surface area (Å²) in [5.41, 5.74) is 0. The molecule has 4 heteroatoms. The molecule has 1 aliphatic heterocycles. The Morgan fingerprint density at radius 3 is 2.36 bits per heavy atom. The van der Waals surface area contributed by atoms with E-state index in [-0.39, 0.29) is 0 Å². The average Bonchev–Trinajstić information content (AvgIpc) is 2.61. The molecule has 0 radical (unpaired) electrons. The fourth-order valence-electron chi connectivity index (χ4n) is 2.55. The van der Waals surface area contributed by atoms with Gasteiger partial charge in [-0.25, -0.2) is 13.3 Å². The van der Waals surface area contributed by atoms with Crippen LogP contribution in [0.4, 0.5) is 0 Å². The van der Waals surface area contributed by atoms with E-state index in [1.54, 1.807) is 0 Å². The highest BCUT2D eigenvalue weighted by Gasteiger charge is 2.45. The number of fused-ring (bicyclic) bond motifs is 2. The highest BCUT2D eigenvalue weighted by atomic mass is 32.2. The summed E-state index contributed by atoms with van der Waals surface area (Å²) >= 11 is 0. The summed E-state index contributed by atoms with van der Waals surface area (Å²) in [5, 5.41) is 0. The largest absolute Gasteiger partial charge is 0.240 e. The lowest BCUT2D eigenvalue weighted by atomic mass is 10.1. The van der Waals surface area contributed by atoms with E-state index in [4.69, 9.17) is 4.78 Å². The fourth-order valence-corrected chi connectivity index (χ4v) is 4.28. The van der Waals surface area contributed by atoms with Gasteiger partial charge in [-0.2, -0.15) is 0 Å². The molecule has 1 N–H and O–H groups in total. The first kappa shape index (κ1) is 10.4. The van der Waals surface area contributed by atoms with E-state index < -0.39 is 14.7 Å². The Morgan fingerprint density at radius 2 is 2.00 bits per heavy atom. The lowest BCUT2D eigenvalue weighted by Gasteiger charge is -2.35. The Bertz CT molecular complexity index is 329. The topological polar surface area (TPSA) is 44.2 Å². The van der Waals surface area contributed by atoms with E-state index in [9.17, 15) is 4.21 Å². The fraction of sp³-hybridized carbons (Fsp3) is 1.00. The van der Waals surface area contributed by atoms with Crippen LogP contribution in [0.2, 0.25) is 0 Å². The number of hydrogen-bond donors (Lipinski definition) is 1. The van der Waals surface area contributed by atoms with Crippen molar-refractivity contribution in [2.45, 2.75) is 50.8 Å². The summed E-state index contributed by atoms with van der Waals surface area (Å²) in [6, 6.07) is 0.434. The van der Waals surface area contributed by atoms with Gasteiger partial charge in [-0.3, -0.25) is 0 Å². The molecule has 3 nitrogen and oxygen atoms in total. The van der Waals surface area contributed by atoms with E-state index in [2.05, 4.69) is 0 Å². The minimum absolute atomic E-state index is 0.419. The van der Waals surface area contributed by atoms with Gasteiger partial charge in [0.25, 0.3) is 0 Å². The molecule has 0 aromatic heterocycles. The maximum atomic E-state index is 12.4. The number of piperidine rings is 1. The summed E-state index contributed by atoms with van der Waals surface area (Å²) in [7, 11) is -2.57. The van der Waals surface area contributed by atoms with Gasteiger partial charge >= 0.3 is 0 Å². The van der Waals surface area contributed by atoms with Crippen LogP contribution in [0, 0.1) is 10.7 Å². The van der Waals surface area contributed by atoms with Gasteiger partial charge in [-0.05, 0) is 46.0 Å². The van der Waals surface area contributed by atoms with Crippen LogP contribution in [0.15, 0.2) is 0 Å². The van der Waals surface area contributed by atoms with Crippen molar-refractivity contribution in [1.82, 2.24) is 4.31 Å².